The number of hydrogen-bond acceptors (Lipinski definition) is 1. The molecule has 1 aliphatic carbocycles. The first-order valence-corrected chi connectivity index (χ1v) is 6.55. The van der Waals surface area contributed by atoms with E-state index < -0.39 is 11.7 Å². The van der Waals surface area contributed by atoms with Crippen LogP contribution < -0.4 is 0 Å². The molecule has 18 heavy (non-hydrogen) atoms. The molecule has 1 fully saturated rings. The lowest BCUT2D eigenvalue weighted by molar-refractivity contribution is -0.137. The van der Waals surface area contributed by atoms with Gasteiger partial charge in [0.2, 0.25) is 0 Å². The van der Waals surface area contributed by atoms with Crippen LogP contribution in [0.5, 0.6) is 0 Å². The molecule has 0 saturated heterocycles. The quantitative estimate of drug-likeness (QED) is 0.804. The van der Waals surface area contributed by atoms with Gasteiger partial charge < -0.3 is 0 Å². The summed E-state index contributed by atoms with van der Waals surface area (Å²) >= 11 is 3.22. The SMILES string of the molecule is O=C(CCc1cc(C(F)(F)F)ccc1Br)C1CC1. The van der Waals surface area contributed by atoms with Gasteiger partial charge in [-0.15, -0.1) is 0 Å². The van der Waals surface area contributed by atoms with Crippen LogP contribution in [0.4, 0.5) is 13.2 Å². The third-order valence-corrected chi connectivity index (χ3v) is 3.82. The molecule has 0 unspecified atom stereocenters. The summed E-state index contributed by atoms with van der Waals surface area (Å²) in [6.07, 6.45) is -1.79. The van der Waals surface area contributed by atoms with Crippen molar-refractivity contribution < 1.29 is 18.0 Å². The van der Waals surface area contributed by atoms with Gasteiger partial charge >= 0.3 is 6.18 Å². The zero-order valence-corrected chi connectivity index (χ0v) is 11.1. The molecular weight excluding hydrogens is 309 g/mol. The van der Waals surface area contributed by atoms with Gasteiger partial charge in [0.05, 0.1) is 5.56 Å². The summed E-state index contributed by atoms with van der Waals surface area (Å²) in [7, 11) is 0. The maximum atomic E-state index is 12.6. The minimum atomic E-state index is -4.34. The van der Waals surface area contributed by atoms with E-state index in [0.29, 0.717) is 22.9 Å². The molecule has 0 aromatic heterocycles. The molecule has 0 heterocycles. The van der Waals surface area contributed by atoms with Gasteiger partial charge in [0.15, 0.2) is 0 Å². The number of hydrogen-bond donors (Lipinski definition) is 0. The fourth-order valence-electron chi connectivity index (χ4n) is 1.81. The number of ketones is 1. The number of benzene rings is 1. The molecule has 98 valence electrons. The molecule has 0 N–H and O–H groups in total. The molecule has 1 aliphatic rings. The highest BCUT2D eigenvalue weighted by Gasteiger charge is 2.31. The van der Waals surface area contributed by atoms with E-state index in [4.69, 9.17) is 0 Å². The van der Waals surface area contributed by atoms with Crippen LogP contribution in [0.2, 0.25) is 0 Å². The van der Waals surface area contributed by atoms with Gasteiger partial charge in [0, 0.05) is 16.8 Å². The monoisotopic (exact) mass is 320 g/mol. The Balaban J connectivity index is 2.08. The lowest BCUT2D eigenvalue weighted by Gasteiger charge is -2.10. The van der Waals surface area contributed by atoms with Crippen molar-refractivity contribution in [3.8, 4) is 0 Å². The van der Waals surface area contributed by atoms with Crippen molar-refractivity contribution in [1.82, 2.24) is 0 Å². The number of Topliss-reactive ketones (excluding diaryl/α,β-unsaturated/α-hetero) is 1. The second-order valence-electron chi connectivity index (χ2n) is 4.54. The molecule has 0 bridgehead atoms. The first kappa shape index (κ1) is 13.6. The van der Waals surface area contributed by atoms with Crippen LogP contribution >= 0.6 is 15.9 Å². The average molecular weight is 321 g/mol. The van der Waals surface area contributed by atoms with Crippen molar-refractivity contribution in [3.63, 3.8) is 0 Å². The first-order valence-electron chi connectivity index (χ1n) is 5.76. The number of aryl methyl sites for hydroxylation is 1. The largest absolute Gasteiger partial charge is 0.416 e. The molecule has 0 amide bonds. The lowest BCUT2D eigenvalue weighted by atomic mass is 10.0. The lowest BCUT2D eigenvalue weighted by Crippen LogP contribution is -2.07. The minimum Gasteiger partial charge on any atom is -0.299 e. The second kappa shape index (κ2) is 5.03. The summed E-state index contributed by atoms with van der Waals surface area (Å²) in [5.41, 5.74) is -0.126. The molecule has 1 nitrogen and oxygen atoms in total. The smallest absolute Gasteiger partial charge is 0.299 e. The maximum Gasteiger partial charge on any atom is 0.416 e. The Bertz CT molecular complexity index is 464. The van der Waals surface area contributed by atoms with E-state index in [1.807, 2.05) is 0 Å². The molecule has 0 atom stereocenters. The Morgan fingerprint density at radius 1 is 1.33 bits per heavy atom. The maximum absolute atomic E-state index is 12.6. The summed E-state index contributed by atoms with van der Waals surface area (Å²) in [5.74, 6) is 0.328. The highest BCUT2D eigenvalue weighted by atomic mass is 79.9. The zero-order valence-electron chi connectivity index (χ0n) is 9.56. The third kappa shape index (κ3) is 3.34. The zero-order chi connectivity index (χ0) is 13.3. The highest BCUT2D eigenvalue weighted by molar-refractivity contribution is 9.10. The van der Waals surface area contributed by atoms with Crippen LogP contribution in [0, 0.1) is 5.92 Å². The Morgan fingerprint density at radius 3 is 2.56 bits per heavy atom. The predicted octanol–water partition coefficient (Wildman–Crippen LogP) is 4.38. The normalized spacial score (nSPS) is 15.8. The molecule has 0 radical (unpaired) electrons. The minimum absolute atomic E-state index is 0.162. The van der Waals surface area contributed by atoms with Crippen molar-refractivity contribution in [2.45, 2.75) is 31.9 Å². The third-order valence-electron chi connectivity index (χ3n) is 3.05. The topological polar surface area (TPSA) is 17.1 Å². The molecule has 5 heteroatoms. The van der Waals surface area contributed by atoms with Crippen molar-refractivity contribution in [3.05, 3.63) is 33.8 Å². The van der Waals surface area contributed by atoms with Gasteiger partial charge in [0.25, 0.3) is 0 Å². The molecule has 1 aromatic rings. The van der Waals surface area contributed by atoms with Crippen LogP contribution in [0.15, 0.2) is 22.7 Å². The van der Waals surface area contributed by atoms with E-state index in [0.717, 1.165) is 25.0 Å². The van der Waals surface area contributed by atoms with Crippen LogP contribution in [-0.4, -0.2) is 5.78 Å². The summed E-state index contributed by atoms with van der Waals surface area (Å²) in [6.45, 7) is 0. The Hall–Kier alpha value is -0.840. The molecule has 0 spiro atoms. The van der Waals surface area contributed by atoms with E-state index in [1.54, 1.807) is 0 Å². The van der Waals surface area contributed by atoms with Crippen LogP contribution in [0.3, 0.4) is 0 Å². The van der Waals surface area contributed by atoms with Gasteiger partial charge in [-0.1, -0.05) is 15.9 Å². The fraction of sp³-hybridized carbons (Fsp3) is 0.462. The molecular formula is C13H12BrF3O. The van der Waals surface area contributed by atoms with E-state index in [1.165, 1.54) is 6.07 Å². The van der Waals surface area contributed by atoms with E-state index in [2.05, 4.69) is 15.9 Å². The standard InChI is InChI=1S/C13H12BrF3O/c14-11-5-4-10(13(15,16)17)7-9(11)3-6-12(18)8-1-2-8/h4-5,7-8H,1-3,6H2. The fourth-order valence-corrected chi connectivity index (χ4v) is 2.25. The van der Waals surface area contributed by atoms with E-state index in [-0.39, 0.29) is 11.7 Å². The average Bonchev–Trinajstić information content (AvgIpc) is 3.09. The number of halogens is 4. The predicted molar refractivity (Wildman–Crippen MR) is 65.2 cm³/mol. The summed E-state index contributed by atoms with van der Waals surface area (Å²) in [4.78, 5) is 11.5. The Labute approximate surface area is 112 Å². The van der Waals surface area contributed by atoms with Crippen LogP contribution in [0.1, 0.15) is 30.4 Å². The van der Waals surface area contributed by atoms with Gasteiger partial charge in [-0.25, -0.2) is 0 Å². The van der Waals surface area contributed by atoms with Gasteiger partial charge in [-0.05, 0) is 43.0 Å². The van der Waals surface area contributed by atoms with Crippen molar-refractivity contribution in [1.29, 1.82) is 0 Å². The summed E-state index contributed by atoms with van der Waals surface area (Å²) in [6, 6.07) is 3.54. The molecule has 2 rings (SSSR count). The number of carbonyl (C=O) groups excluding carboxylic acids is 1. The van der Waals surface area contributed by atoms with Crippen molar-refractivity contribution >= 4 is 21.7 Å². The van der Waals surface area contributed by atoms with Crippen molar-refractivity contribution in [2.24, 2.45) is 5.92 Å². The van der Waals surface area contributed by atoms with Crippen LogP contribution in [0.25, 0.3) is 0 Å². The Morgan fingerprint density at radius 2 is 2.00 bits per heavy atom. The number of rotatable bonds is 4. The van der Waals surface area contributed by atoms with E-state index >= 15 is 0 Å². The highest BCUT2D eigenvalue weighted by Crippen LogP contribution is 2.34. The second-order valence-corrected chi connectivity index (χ2v) is 5.40. The Kier molecular flexibility index (Phi) is 3.80. The van der Waals surface area contributed by atoms with E-state index in [9.17, 15) is 18.0 Å². The molecule has 1 saturated carbocycles. The molecule has 1 aromatic carbocycles. The number of alkyl halides is 3. The number of carbonyl (C=O) groups is 1. The van der Waals surface area contributed by atoms with Gasteiger partial charge in [0.1, 0.15) is 5.78 Å². The van der Waals surface area contributed by atoms with Crippen molar-refractivity contribution in [2.75, 3.05) is 0 Å². The summed E-state index contributed by atoms with van der Waals surface area (Å²) in [5, 5.41) is 0. The first-order chi connectivity index (χ1) is 8.38. The molecule has 0 aliphatic heterocycles. The van der Waals surface area contributed by atoms with Gasteiger partial charge in [-0.3, -0.25) is 4.79 Å². The van der Waals surface area contributed by atoms with Crippen LogP contribution in [-0.2, 0) is 17.4 Å². The summed E-state index contributed by atoms with van der Waals surface area (Å²) < 4.78 is 38.3. The van der Waals surface area contributed by atoms with Gasteiger partial charge in [-0.2, -0.15) is 13.2 Å².